The molecule has 0 N–H and O–H groups in total. The minimum absolute atomic E-state index is 0.641. The average Bonchev–Trinajstić information content (AvgIpc) is 2.33. The number of halogens is 2. The number of aromatic nitrogens is 3. The van der Waals surface area contributed by atoms with Crippen LogP contribution in [-0.4, -0.2) is 14.6 Å². The Morgan fingerprint density at radius 2 is 2.25 bits per heavy atom. The van der Waals surface area contributed by atoms with Crippen molar-refractivity contribution >= 4 is 39.8 Å². The van der Waals surface area contributed by atoms with Gasteiger partial charge < -0.3 is 0 Å². The maximum atomic E-state index is 5.95. The lowest BCUT2D eigenvalue weighted by Crippen LogP contribution is -1.89. The Labute approximate surface area is 87.9 Å². The van der Waals surface area contributed by atoms with Crippen molar-refractivity contribution < 1.29 is 0 Å². The van der Waals surface area contributed by atoms with Gasteiger partial charge in [-0.15, -0.1) is 10.2 Å². The van der Waals surface area contributed by atoms with Gasteiger partial charge in [0.2, 0.25) is 0 Å². The first-order chi connectivity index (χ1) is 5.68. The van der Waals surface area contributed by atoms with Gasteiger partial charge in [0.05, 0.1) is 5.02 Å². The number of fused-ring (bicyclic) bond motifs is 1. The lowest BCUT2D eigenvalue weighted by molar-refractivity contribution is 1.00. The van der Waals surface area contributed by atoms with Crippen LogP contribution in [0.4, 0.5) is 0 Å². The summed E-state index contributed by atoms with van der Waals surface area (Å²) in [4.78, 5) is 0. The van der Waals surface area contributed by atoms with Crippen LogP contribution >= 0.6 is 34.2 Å². The van der Waals surface area contributed by atoms with Gasteiger partial charge in [-0.3, -0.25) is 4.40 Å². The monoisotopic (exact) mass is 293 g/mol. The highest BCUT2D eigenvalue weighted by Crippen LogP contribution is 2.18. The van der Waals surface area contributed by atoms with E-state index in [0.29, 0.717) is 5.02 Å². The van der Waals surface area contributed by atoms with Crippen LogP contribution in [0.3, 0.4) is 0 Å². The summed E-state index contributed by atoms with van der Waals surface area (Å²) in [7, 11) is 0. The van der Waals surface area contributed by atoms with E-state index in [4.69, 9.17) is 11.6 Å². The molecule has 12 heavy (non-hydrogen) atoms. The molecule has 0 saturated carbocycles. The Kier molecular flexibility index (Phi) is 1.96. The van der Waals surface area contributed by atoms with Crippen molar-refractivity contribution in [2.45, 2.75) is 6.92 Å². The van der Waals surface area contributed by atoms with E-state index >= 15 is 0 Å². The summed E-state index contributed by atoms with van der Waals surface area (Å²) < 4.78 is 2.96. The van der Waals surface area contributed by atoms with Gasteiger partial charge in [0.25, 0.3) is 0 Å². The topological polar surface area (TPSA) is 30.2 Å². The molecule has 0 spiro atoms. The second-order valence-corrected chi connectivity index (χ2v) is 4.10. The highest BCUT2D eigenvalue weighted by molar-refractivity contribution is 14.1. The molecule has 2 aromatic heterocycles. The summed E-state index contributed by atoms with van der Waals surface area (Å²) in [5.41, 5.74) is 0.717. The minimum atomic E-state index is 0.641. The third-order valence-electron chi connectivity index (χ3n) is 1.60. The van der Waals surface area contributed by atoms with Crippen LogP contribution in [0.2, 0.25) is 5.02 Å². The standard InChI is InChI=1S/C7H5ClIN3/c1-4-10-11-7-6(8)2-5(9)3-12(4)7/h2-3H,1H3. The van der Waals surface area contributed by atoms with Gasteiger partial charge in [-0.05, 0) is 35.6 Å². The maximum absolute atomic E-state index is 5.95. The second-order valence-electron chi connectivity index (χ2n) is 2.45. The smallest absolute Gasteiger partial charge is 0.179 e. The molecule has 2 heterocycles. The first kappa shape index (κ1) is 8.25. The maximum Gasteiger partial charge on any atom is 0.179 e. The number of rotatable bonds is 0. The number of hydrogen-bond donors (Lipinski definition) is 0. The van der Waals surface area contributed by atoms with Crippen LogP contribution in [0.5, 0.6) is 0 Å². The van der Waals surface area contributed by atoms with Crippen LogP contribution in [0, 0.1) is 10.5 Å². The summed E-state index contributed by atoms with van der Waals surface area (Å²) in [5, 5.41) is 8.50. The molecular formula is C7H5ClIN3. The second kappa shape index (κ2) is 2.85. The molecule has 0 saturated heterocycles. The molecule has 0 radical (unpaired) electrons. The fraction of sp³-hybridized carbons (Fsp3) is 0.143. The van der Waals surface area contributed by atoms with Crippen LogP contribution < -0.4 is 0 Å². The van der Waals surface area contributed by atoms with E-state index in [-0.39, 0.29) is 0 Å². The molecule has 0 bridgehead atoms. The number of pyridine rings is 1. The molecule has 62 valence electrons. The first-order valence-corrected chi connectivity index (χ1v) is 4.80. The van der Waals surface area contributed by atoms with Crippen molar-refractivity contribution in [3.63, 3.8) is 0 Å². The van der Waals surface area contributed by atoms with Crippen LogP contribution in [-0.2, 0) is 0 Å². The number of nitrogens with zero attached hydrogens (tertiary/aromatic N) is 3. The van der Waals surface area contributed by atoms with Crippen LogP contribution in [0.25, 0.3) is 5.65 Å². The van der Waals surface area contributed by atoms with E-state index in [1.807, 2.05) is 23.6 Å². The Hall–Kier alpha value is -0.360. The third kappa shape index (κ3) is 1.19. The zero-order chi connectivity index (χ0) is 8.72. The number of hydrogen-bond acceptors (Lipinski definition) is 2. The molecule has 3 nitrogen and oxygen atoms in total. The van der Waals surface area contributed by atoms with Gasteiger partial charge >= 0.3 is 0 Å². The molecule has 0 unspecified atom stereocenters. The quantitative estimate of drug-likeness (QED) is 0.698. The molecular weight excluding hydrogens is 288 g/mol. The van der Waals surface area contributed by atoms with Gasteiger partial charge in [-0.25, -0.2) is 0 Å². The van der Waals surface area contributed by atoms with Crippen molar-refractivity contribution in [2.75, 3.05) is 0 Å². The molecule has 0 fully saturated rings. The van der Waals surface area contributed by atoms with Crippen molar-refractivity contribution in [1.29, 1.82) is 0 Å². The van der Waals surface area contributed by atoms with Gasteiger partial charge in [0, 0.05) is 9.77 Å². The SMILES string of the molecule is Cc1nnc2c(Cl)cc(I)cn12. The average molecular weight is 293 g/mol. The Morgan fingerprint density at radius 1 is 1.50 bits per heavy atom. The van der Waals surface area contributed by atoms with Crippen molar-refractivity contribution in [2.24, 2.45) is 0 Å². The Balaban J connectivity index is 2.92. The van der Waals surface area contributed by atoms with Crippen molar-refractivity contribution in [3.8, 4) is 0 Å². The van der Waals surface area contributed by atoms with Crippen molar-refractivity contribution in [1.82, 2.24) is 14.6 Å². The van der Waals surface area contributed by atoms with Gasteiger partial charge in [0.15, 0.2) is 5.65 Å². The zero-order valence-corrected chi connectivity index (χ0v) is 9.17. The van der Waals surface area contributed by atoms with E-state index < -0.39 is 0 Å². The number of aryl methyl sites for hydroxylation is 1. The molecule has 0 atom stereocenters. The van der Waals surface area contributed by atoms with E-state index in [2.05, 4.69) is 32.8 Å². The highest BCUT2D eigenvalue weighted by atomic mass is 127. The largest absolute Gasteiger partial charge is 0.284 e. The normalized spacial score (nSPS) is 10.9. The minimum Gasteiger partial charge on any atom is -0.284 e. The van der Waals surface area contributed by atoms with E-state index in [0.717, 1.165) is 15.0 Å². The summed E-state index contributed by atoms with van der Waals surface area (Å²) >= 11 is 8.15. The predicted octanol–water partition coefficient (Wildman–Crippen LogP) is 2.30. The molecule has 5 heteroatoms. The van der Waals surface area contributed by atoms with E-state index in [9.17, 15) is 0 Å². The molecule has 0 aromatic carbocycles. The summed E-state index contributed by atoms with van der Waals surface area (Å²) in [6.07, 6.45) is 1.96. The molecule has 0 amide bonds. The zero-order valence-electron chi connectivity index (χ0n) is 6.25. The summed E-state index contributed by atoms with van der Waals surface area (Å²) in [5.74, 6) is 0.852. The lowest BCUT2D eigenvalue weighted by Gasteiger charge is -1.97. The highest BCUT2D eigenvalue weighted by Gasteiger charge is 2.05. The summed E-state index contributed by atoms with van der Waals surface area (Å²) in [6.45, 7) is 1.90. The van der Waals surface area contributed by atoms with E-state index in [1.165, 1.54) is 0 Å². The fourth-order valence-corrected chi connectivity index (χ4v) is 2.05. The van der Waals surface area contributed by atoms with Gasteiger partial charge in [-0.1, -0.05) is 11.6 Å². The predicted molar refractivity (Wildman–Crippen MR) is 55.5 cm³/mol. The van der Waals surface area contributed by atoms with Gasteiger partial charge in [0.1, 0.15) is 5.82 Å². The Bertz CT molecular complexity index is 437. The third-order valence-corrected chi connectivity index (χ3v) is 2.47. The fourth-order valence-electron chi connectivity index (χ4n) is 1.03. The lowest BCUT2D eigenvalue weighted by atomic mass is 10.5. The molecule has 2 rings (SSSR count). The van der Waals surface area contributed by atoms with Crippen molar-refractivity contribution in [3.05, 3.63) is 26.7 Å². The van der Waals surface area contributed by atoms with Crippen LogP contribution in [0.1, 0.15) is 5.82 Å². The molecule has 0 aliphatic rings. The molecule has 0 aliphatic carbocycles. The van der Waals surface area contributed by atoms with E-state index in [1.54, 1.807) is 0 Å². The van der Waals surface area contributed by atoms with Crippen LogP contribution in [0.15, 0.2) is 12.3 Å². The summed E-state index contributed by atoms with van der Waals surface area (Å²) in [6, 6.07) is 1.87. The molecule has 0 aliphatic heterocycles. The molecule has 2 aromatic rings. The Morgan fingerprint density at radius 3 is 3.00 bits per heavy atom. The first-order valence-electron chi connectivity index (χ1n) is 3.35. The van der Waals surface area contributed by atoms with Gasteiger partial charge in [-0.2, -0.15) is 0 Å².